The summed E-state index contributed by atoms with van der Waals surface area (Å²) < 4.78 is 2.63. The zero-order valence-corrected chi connectivity index (χ0v) is 15.0. The fourth-order valence-corrected chi connectivity index (χ4v) is 10.0. The van der Waals surface area contributed by atoms with E-state index in [1.165, 1.54) is 10.9 Å². The number of benzene rings is 2. The van der Waals surface area contributed by atoms with Crippen LogP contribution in [0.25, 0.3) is 0 Å². The van der Waals surface area contributed by atoms with E-state index in [4.69, 9.17) is 0 Å². The van der Waals surface area contributed by atoms with Crippen molar-refractivity contribution < 1.29 is 0 Å². The molecule has 2 rings (SSSR count). The zero-order chi connectivity index (χ0) is 15.3. The third-order valence-corrected chi connectivity index (χ3v) is 11.8. The van der Waals surface area contributed by atoms with E-state index >= 15 is 0 Å². The van der Waals surface area contributed by atoms with Gasteiger partial charge in [-0.2, -0.15) is 0 Å². The second-order valence-corrected chi connectivity index (χ2v) is 12.7. The molecular formula is C18H23NSi2. The summed E-state index contributed by atoms with van der Waals surface area (Å²) in [5.41, 5.74) is 5.50. The Morgan fingerprint density at radius 3 is 1.81 bits per heavy atom. The van der Waals surface area contributed by atoms with Gasteiger partial charge in [-0.15, -0.1) is 13.2 Å². The van der Waals surface area contributed by atoms with Crippen molar-refractivity contribution >= 4 is 28.1 Å². The molecule has 0 saturated carbocycles. The molecule has 0 spiro atoms. The van der Waals surface area contributed by atoms with Crippen LogP contribution >= 0.6 is 0 Å². The zero-order valence-electron chi connectivity index (χ0n) is 12.9. The second kappa shape index (κ2) is 6.74. The number of para-hydroxylation sites is 1. The van der Waals surface area contributed by atoms with Crippen LogP contribution in [-0.4, -0.2) is 17.2 Å². The van der Waals surface area contributed by atoms with Crippen LogP contribution in [0.15, 0.2) is 85.2 Å². The predicted octanol–water partition coefficient (Wildman–Crippen LogP) is 3.78. The Labute approximate surface area is 131 Å². The van der Waals surface area contributed by atoms with Crippen molar-refractivity contribution in [1.82, 2.24) is 0 Å². The van der Waals surface area contributed by atoms with Crippen molar-refractivity contribution in [3.05, 3.63) is 85.2 Å². The van der Waals surface area contributed by atoms with E-state index in [0.717, 1.165) is 0 Å². The van der Waals surface area contributed by atoms with Gasteiger partial charge in [-0.3, -0.25) is 0 Å². The molecule has 0 aliphatic rings. The van der Waals surface area contributed by atoms with E-state index in [1.807, 2.05) is 0 Å². The van der Waals surface area contributed by atoms with Crippen molar-refractivity contribution in [2.45, 2.75) is 13.1 Å². The summed E-state index contributed by atoms with van der Waals surface area (Å²) in [6, 6.07) is 21.5. The quantitative estimate of drug-likeness (QED) is 0.734. The van der Waals surface area contributed by atoms with Gasteiger partial charge in [-0.05, 0) is 30.4 Å². The van der Waals surface area contributed by atoms with Gasteiger partial charge in [0.05, 0.1) is 0 Å². The van der Waals surface area contributed by atoms with Crippen LogP contribution in [0.4, 0.5) is 5.69 Å². The number of nitrogens with zero attached hydrogens (tertiary/aromatic N) is 1. The third-order valence-electron chi connectivity index (χ3n) is 3.90. The molecule has 1 nitrogen and oxygen atoms in total. The molecular weight excluding hydrogens is 286 g/mol. The average molecular weight is 310 g/mol. The number of rotatable bonds is 6. The highest BCUT2D eigenvalue weighted by Gasteiger charge is 2.34. The van der Waals surface area contributed by atoms with Gasteiger partial charge < -0.3 is 4.23 Å². The molecule has 3 heteroatoms. The minimum atomic E-state index is -1.80. The summed E-state index contributed by atoms with van der Waals surface area (Å²) >= 11 is 0. The molecule has 0 amide bonds. The Balaban J connectivity index is 2.54. The van der Waals surface area contributed by atoms with Gasteiger partial charge in [-0.1, -0.05) is 59.9 Å². The Bertz CT molecular complexity index is 585. The summed E-state index contributed by atoms with van der Waals surface area (Å²) in [4.78, 5) is 0. The molecule has 0 atom stereocenters. The normalized spacial score (nSPS) is 11.2. The summed E-state index contributed by atoms with van der Waals surface area (Å²) in [6.45, 7) is 12.9. The van der Waals surface area contributed by atoms with Crippen LogP contribution in [0, 0.1) is 0 Å². The molecule has 0 unspecified atom stereocenters. The first-order valence-electron chi connectivity index (χ1n) is 7.26. The third kappa shape index (κ3) is 3.25. The minimum absolute atomic E-state index is 1.29. The van der Waals surface area contributed by atoms with Crippen LogP contribution in [0.1, 0.15) is 0 Å². The highest BCUT2D eigenvalue weighted by molar-refractivity contribution is 7.03. The minimum Gasteiger partial charge on any atom is -0.417 e. The van der Waals surface area contributed by atoms with E-state index in [1.54, 1.807) is 0 Å². The Morgan fingerprint density at radius 2 is 1.33 bits per heavy atom. The molecule has 2 aromatic carbocycles. The topological polar surface area (TPSA) is 3.24 Å². The predicted molar refractivity (Wildman–Crippen MR) is 100 cm³/mol. The summed E-state index contributed by atoms with van der Waals surface area (Å²) in [5, 5.41) is 1.44. The monoisotopic (exact) mass is 309 g/mol. The van der Waals surface area contributed by atoms with Gasteiger partial charge in [0, 0.05) is 5.69 Å². The lowest BCUT2D eigenvalue weighted by molar-refractivity contribution is 1.44. The van der Waals surface area contributed by atoms with E-state index in [9.17, 15) is 0 Å². The number of hydrogen-bond donors (Lipinski definition) is 0. The standard InChI is InChI=1S/C18H23NSi2/c1-5-20(6-2)19(17-13-9-7-10-14-17)21(3,4)18-15-11-8-12-16-18/h5-16,20H,1-2H2,3-4H3. The molecule has 0 aromatic heterocycles. The largest absolute Gasteiger partial charge is 0.417 e. The molecule has 0 N–H and O–H groups in total. The fraction of sp³-hybridized carbons (Fsp3) is 0.111. The summed E-state index contributed by atoms with van der Waals surface area (Å²) in [5.74, 6) is 0. The molecule has 0 aliphatic carbocycles. The lowest BCUT2D eigenvalue weighted by Gasteiger charge is -2.42. The van der Waals surface area contributed by atoms with Crippen LogP contribution in [-0.2, 0) is 0 Å². The molecule has 0 bridgehead atoms. The molecule has 0 radical (unpaired) electrons. The highest BCUT2D eigenvalue weighted by atomic mass is 28.4. The summed E-state index contributed by atoms with van der Waals surface area (Å²) in [7, 11) is -3.21. The average Bonchev–Trinajstić information content (AvgIpc) is 2.54. The van der Waals surface area contributed by atoms with Gasteiger partial charge >= 0.3 is 0 Å². The fourth-order valence-electron chi connectivity index (χ4n) is 2.75. The van der Waals surface area contributed by atoms with Crippen molar-refractivity contribution in [3.8, 4) is 0 Å². The van der Waals surface area contributed by atoms with Crippen molar-refractivity contribution in [2.75, 3.05) is 4.23 Å². The molecule has 108 valence electrons. The first-order valence-corrected chi connectivity index (χ1v) is 12.1. The molecule has 2 aromatic rings. The Morgan fingerprint density at radius 1 is 0.857 bits per heavy atom. The maximum Gasteiger partial charge on any atom is 0.180 e. The van der Waals surface area contributed by atoms with Crippen LogP contribution in [0.5, 0.6) is 0 Å². The molecule has 0 heterocycles. The summed E-state index contributed by atoms with van der Waals surface area (Å²) in [6.07, 6.45) is 0. The van der Waals surface area contributed by atoms with Gasteiger partial charge in [0.25, 0.3) is 0 Å². The molecule has 0 aliphatic heterocycles. The SMILES string of the molecule is C=C[SiH](C=C)N(c1ccccc1)[Si](C)(C)c1ccccc1. The van der Waals surface area contributed by atoms with Crippen molar-refractivity contribution in [3.63, 3.8) is 0 Å². The smallest absolute Gasteiger partial charge is 0.180 e. The first-order chi connectivity index (χ1) is 10.1. The van der Waals surface area contributed by atoms with Crippen molar-refractivity contribution in [2.24, 2.45) is 0 Å². The second-order valence-electron chi connectivity index (χ2n) is 5.59. The van der Waals surface area contributed by atoms with E-state index in [2.05, 4.69) is 103 Å². The number of anilines is 1. The van der Waals surface area contributed by atoms with Gasteiger partial charge in [0.15, 0.2) is 17.2 Å². The lowest BCUT2D eigenvalue weighted by atomic mass is 10.3. The highest BCUT2D eigenvalue weighted by Crippen LogP contribution is 2.23. The molecule has 21 heavy (non-hydrogen) atoms. The molecule has 0 saturated heterocycles. The maximum absolute atomic E-state index is 4.06. The lowest BCUT2D eigenvalue weighted by Crippen LogP contribution is -2.63. The van der Waals surface area contributed by atoms with E-state index in [0.29, 0.717) is 0 Å². The Kier molecular flexibility index (Phi) is 4.99. The first kappa shape index (κ1) is 15.5. The molecule has 0 fully saturated rings. The van der Waals surface area contributed by atoms with Gasteiger partial charge in [-0.25, -0.2) is 0 Å². The van der Waals surface area contributed by atoms with Crippen LogP contribution in [0.2, 0.25) is 13.1 Å². The van der Waals surface area contributed by atoms with Crippen LogP contribution in [0.3, 0.4) is 0 Å². The van der Waals surface area contributed by atoms with E-state index < -0.39 is 17.2 Å². The van der Waals surface area contributed by atoms with Crippen LogP contribution < -0.4 is 9.42 Å². The van der Waals surface area contributed by atoms with Gasteiger partial charge in [0.1, 0.15) is 0 Å². The number of hydrogen-bond acceptors (Lipinski definition) is 1. The van der Waals surface area contributed by atoms with E-state index in [-0.39, 0.29) is 0 Å². The maximum atomic E-state index is 4.06. The van der Waals surface area contributed by atoms with Gasteiger partial charge in [0.2, 0.25) is 0 Å². The Hall–Kier alpha value is -1.85. The van der Waals surface area contributed by atoms with Crippen molar-refractivity contribution in [1.29, 1.82) is 0 Å².